The number of esters is 1. The topological polar surface area (TPSA) is 118 Å². The van der Waals surface area contributed by atoms with Crippen LogP contribution in [-0.2, 0) is 9.53 Å². The van der Waals surface area contributed by atoms with Crippen molar-refractivity contribution in [3.63, 3.8) is 0 Å². The molecule has 0 unspecified atom stereocenters. The lowest BCUT2D eigenvalue weighted by Crippen LogP contribution is -2.21. The van der Waals surface area contributed by atoms with Gasteiger partial charge in [-0.1, -0.05) is 12.1 Å². The number of rotatable bonds is 9. The van der Waals surface area contributed by atoms with E-state index in [0.29, 0.717) is 33.8 Å². The third-order valence-electron chi connectivity index (χ3n) is 4.31. The molecule has 0 atom stereocenters. The lowest BCUT2D eigenvalue weighted by atomic mass is 10.2. The highest BCUT2D eigenvalue weighted by molar-refractivity contribution is 5.94. The van der Waals surface area contributed by atoms with Crippen molar-refractivity contribution in [2.45, 2.75) is 6.92 Å². The molecule has 10 nitrogen and oxygen atoms in total. The fourth-order valence-electron chi connectivity index (χ4n) is 2.93. The molecule has 10 heteroatoms. The van der Waals surface area contributed by atoms with E-state index in [0.717, 1.165) is 0 Å². The smallest absolute Gasteiger partial charge is 0.376 e. The molecule has 0 aliphatic rings. The maximum atomic E-state index is 12.5. The van der Waals surface area contributed by atoms with Gasteiger partial charge in [0.25, 0.3) is 5.91 Å². The van der Waals surface area contributed by atoms with Gasteiger partial charge in [0.15, 0.2) is 18.1 Å². The van der Waals surface area contributed by atoms with Crippen molar-refractivity contribution in [2.75, 3.05) is 39.9 Å². The van der Waals surface area contributed by atoms with Gasteiger partial charge in [-0.2, -0.15) is 4.98 Å². The summed E-state index contributed by atoms with van der Waals surface area (Å²) in [4.78, 5) is 32.9. The summed E-state index contributed by atoms with van der Waals surface area (Å²) in [5.74, 6) is 0.00462. The van der Waals surface area contributed by atoms with E-state index in [-0.39, 0.29) is 24.9 Å². The summed E-state index contributed by atoms with van der Waals surface area (Å²) in [5.41, 5.74) is 0.915. The van der Waals surface area contributed by atoms with Crippen LogP contribution >= 0.6 is 0 Å². The highest BCUT2D eigenvalue weighted by Crippen LogP contribution is 2.39. The Morgan fingerprint density at radius 1 is 0.969 bits per heavy atom. The average Bonchev–Trinajstić information content (AvgIpc) is 2.81. The molecule has 0 bridgehead atoms. The second kappa shape index (κ2) is 10.3. The van der Waals surface area contributed by atoms with Crippen molar-refractivity contribution in [2.24, 2.45) is 0 Å². The summed E-state index contributed by atoms with van der Waals surface area (Å²) < 4.78 is 26.4. The fourth-order valence-corrected chi connectivity index (χ4v) is 2.93. The van der Waals surface area contributed by atoms with Gasteiger partial charge in [0.2, 0.25) is 17.5 Å². The molecule has 0 fully saturated rings. The van der Waals surface area contributed by atoms with Crippen LogP contribution in [0.15, 0.2) is 36.4 Å². The third kappa shape index (κ3) is 4.97. The van der Waals surface area contributed by atoms with E-state index in [1.165, 1.54) is 21.3 Å². The zero-order chi connectivity index (χ0) is 23.1. The molecule has 0 aliphatic carbocycles. The highest BCUT2D eigenvalue weighted by atomic mass is 16.5. The number of methoxy groups -OCH3 is 3. The van der Waals surface area contributed by atoms with E-state index < -0.39 is 11.9 Å². The van der Waals surface area contributed by atoms with Crippen LogP contribution in [0.3, 0.4) is 0 Å². The summed E-state index contributed by atoms with van der Waals surface area (Å²) in [6, 6.07) is 10.2. The first kappa shape index (κ1) is 22.6. The van der Waals surface area contributed by atoms with Crippen LogP contribution in [0.2, 0.25) is 0 Å². The Bertz CT molecular complexity index is 1110. The van der Waals surface area contributed by atoms with Gasteiger partial charge in [-0.3, -0.25) is 4.79 Å². The minimum absolute atomic E-state index is 0.0960. The second-order valence-electron chi connectivity index (χ2n) is 6.34. The molecule has 0 spiro atoms. The van der Waals surface area contributed by atoms with E-state index in [1.54, 1.807) is 43.3 Å². The molecule has 2 aromatic carbocycles. The highest BCUT2D eigenvalue weighted by Gasteiger charge is 2.18. The Morgan fingerprint density at radius 2 is 1.66 bits per heavy atom. The lowest BCUT2D eigenvalue weighted by molar-refractivity contribution is -0.118. The Hall–Kier alpha value is -4.08. The molecule has 32 heavy (non-hydrogen) atoms. The first-order chi connectivity index (χ1) is 15.5. The Morgan fingerprint density at radius 3 is 2.28 bits per heavy atom. The summed E-state index contributed by atoms with van der Waals surface area (Å²) >= 11 is 0. The van der Waals surface area contributed by atoms with Crippen molar-refractivity contribution < 1.29 is 33.3 Å². The summed E-state index contributed by atoms with van der Waals surface area (Å²) in [6.07, 6.45) is 0. The number of anilines is 1. The molecule has 0 saturated carbocycles. The van der Waals surface area contributed by atoms with E-state index in [9.17, 15) is 9.59 Å². The van der Waals surface area contributed by atoms with Gasteiger partial charge in [0.1, 0.15) is 0 Å². The van der Waals surface area contributed by atoms with Crippen LogP contribution in [0, 0.1) is 0 Å². The number of benzene rings is 2. The van der Waals surface area contributed by atoms with Crippen molar-refractivity contribution >= 4 is 28.5 Å². The zero-order valence-corrected chi connectivity index (χ0v) is 18.1. The number of fused-ring (bicyclic) bond motifs is 1. The molecule has 0 aliphatic heterocycles. The minimum atomic E-state index is -0.676. The van der Waals surface area contributed by atoms with E-state index in [4.69, 9.17) is 23.7 Å². The standard InChI is InChI=1S/C22H23N3O7/c1-5-31-22(27)20-24-15-9-7-6-8-14(15)21(25-20)32-12-18(26)23-13-10-16(28-2)19(30-4)17(11-13)29-3/h6-11H,5,12H2,1-4H3,(H,23,26). The molecular weight excluding hydrogens is 418 g/mol. The molecule has 3 aromatic rings. The molecule has 1 N–H and O–H groups in total. The van der Waals surface area contributed by atoms with Crippen LogP contribution in [0.25, 0.3) is 10.9 Å². The number of hydrogen-bond acceptors (Lipinski definition) is 9. The number of amides is 1. The van der Waals surface area contributed by atoms with Crippen molar-refractivity contribution in [1.29, 1.82) is 0 Å². The number of para-hydroxylation sites is 1. The van der Waals surface area contributed by atoms with Crippen LogP contribution in [0.1, 0.15) is 17.5 Å². The van der Waals surface area contributed by atoms with Gasteiger partial charge >= 0.3 is 5.97 Å². The monoisotopic (exact) mass is 441 g/mol. The van der Waals surface area contributed by atoms with Gasteiger partial charge < -0.3 is 29.0 Å². The SMILES string of the molecule is CCOC(=O)c1nc(OCC(=O)Nc2cc(OC)c(OC)c(OC)c2)c2ccccc2n1. The van der Waals surface area contributed by atoms with Crippen molar-refractivity contribution in [3.8, 4) is 23.1 Å². The molecule has 1 heterocycles. The molecule has 3 rings (SSSR count). The number of carbonyl (C=O) groups excluding carboxylic acids is 2. The first-order valence-electron chi connectivity index (χ1n) is 9.67. The molecular formula is C22H23N3O7. The first-order valence-corrected chi connectivity index (χ1v) is 9.67. The van der Waals surface area contributed by atoms with E-state index >= 15 is 0 Å². The number of carbonyl (C=O) groups is 2. The lowest BCUT2D eigenvalue weighted by Gasteiger charge is -2.15. The van der Waals surface area contributed by atoms with Crippen LogP contribution in [0.5, 0.6) is 23.1 Å². The normalized spacial score (nSPS) is 10.4. The summed E-state index contributed by atoms with van der Waals surface area (Å²) in [6.45, 7) is 1.51. The Balaban J connectivity index is 1.80. The van der Waals surface area contributed by atoms with Gasteiger partial charge in [-0.25, -0.2) is 9.78 Å². The Kier molecular flexibility index (Phi) is 7.27. The average molecular weight is 441 g/mol. The number of hydrogen-bond donors (Lipinski definition) is 1. The predicted molar refractivity (Wildman–Crippen MR) is 116 cm³/mol. The van der Waals surface area contributed by atoms with Crippen LogP contribution in [-0.4, -0.2) is 56.4 Å². The largest absolute Gasteiger partial charge is 0.493 e. The predicted octanol–water partition coefficient (Wildman–Crippen LogP) is 2.85. The van der Waals surface area contributed by atoms with E-state index in [2.05, 4.69) is 15.3 Å². The third-order valence-corrected chi connectivity index (χ3v) is 4.31. The van der Waals surface area contributed by atoms with Crippen molar-refractivity contribution in [3.05, 3.63) is 42.2 Å². The molecule has 0 saturated heterocycles. The van der Waals surface area contributed by atoms with Gasteiger partial charge in [0.05, 0.1) is 38.8 Å². The quantitative estimate of drug-likeness (QED) is 0.500. The molecule has 0 radical (unpaired) electrons. The van der Waals surface area contributed by atoms with Gasteiger partial charge in [-0.05, 0) is 19.1 Å². The molecule has 1 amide bonds. The summed E-state index contributed by atoms with van der Waals surface area (Å²) in [7, 11) is 4.45. The number of ether oxygens (including phenoxy) is 5. The van der Waals surface area contributed by atoms with Crippen LogP contribution in [0.4, 0.5) is 5.69 Å². The number of nitrogens with zero attached hydrogens (tertiary/aromatic N) is 2. The summed E-state index contributed by atoms with van der Waals surface area (Å²) in [5, 5.41) is 3.26. The van der Waals surface area contributed by atoms with Crippen molar-refractivity contribution in [1.82, 2.24) is 9.97 Å². The minimum Gasteiger partial charge on any atom is -0.493 e. The maximum Gasteiger partial charge on any atom is 0.376 e. The van der Waals surface area contributed by atoms with Crippen LogP contribution < -0.4 is 24.3 Å². The number of nitrogens with one attached hydrogen (secondary N) is 1. The molecule has 168 valence electrons. The second-order valence-corrected chi connectivity index (χ2v) is 6.34. The Labute approximate surface area is 184 Å². The van der Waals surface area contributed by atoms with Gasteiger partial charge in [0, 0.05) is 17.8 Å². The van der Waals surface area contributed by atoms with E-state index in [1.807, 2.05) is 0 Å². The zero-order valence-electron chi connectivity index (χ0n) is 18.1. The molecule has 1 aromatic heterocycles. The maximum absolute atomic E-state index is 12.5. The number of aromatic nitrogens is 2. The van der Waals surface area contributed by atoms with Gasteiger partial charge in [-0.15, -0.1) is 0 Å². The fraction of sp³-hybridized carbons (Fsp3) is 0.273.